The summed E-state index contributed by atoms with van der Waals surface area (Å²) >= 11 is 4.95. The Labute approximate surface area is 182 Å². The summed E-state index contributed by atoms with van der Waals surface area (Å²) in [5.74, 6) is 1.26. The van der Waals surface area contributed by atoms with Gasteiger partial charge in [0.05, 0.1) is 15.5 Å². The van der Waals surface area contributed by atoms with Gasteiger partial charge in [-0.15, -0.1) is 11.8 Å². The number of benzene rings is 1. The molecule has 0 bridgehead atoms. The van der Waals surface area contributed by atoms with Crippen molar-refractivity contribution in [2.75, 3.05) is 5.32 Å². The highest BCUT2D eigenvalue weighted by molar-refractivity contribution is 8.01. The van der Waals surface area contributed by atoms with Crippen LogP contribution < -0.4 is 5.32 Å². The number of aromatic nitrogens is 3. The van der Waals surface area contributed by atoms with Gasteiger partial charge in [-0.1, -0.05) is 48.6 Å². The van der Waals surface area contributed by atoms with Gasteiger partial charge in [-0.2, -0.15) is 0 Å². The second-order valence-electron chi connectivity index (χ2n) is 7.81. The van der Waals surface area contributed by atoms with Crippen LogP contribution in [0.2, 0.25) is 0 Å². The molecule has 1 fully saturated rings. The molecule has 8 heteroatoms. The van der Waals surface area contributed by atoms with Gasteiger partial charge in [0.2, 0.25) is 5.91 Å². The summed E-state index contributed by atoms with van der Waals surface area (Å²) in [4.78, 5) is 26.4. The van der Waals surface area contributed by atoms with Crippen molar-refractivity contribution in [2.45, 2.75) is 59.6 Å². The summed E-state index contributed by atoms with van der Waals surface area (Å²) in [6.45, 7) is 4.28. The third-order valence-electron chi connectivity index (χ3n) is 5.68. The van der Waals surface area contributed by atoms with E-state index in [1.165, 1.54) is 36.2 Å². The number of nitrogens with one attached hydrogen (secondary N) is 1. The lowest BCUT2D eigenvalue weighted by Crippen LogP contribution is -2.23. The number of carbonyl (C=O) groups is 1. The largest absolute Gasteiger partial charge is 0.301 e. The molecule has 3 heterocycles. The highest BCUT2D eigenvalue weighted by Crippen LogP contribution is 2.54. The fraction of sp³-hybridized carbons (Fsp3) is 0.429. The number of anilines is 1. The van der Waals surface area contributed by atoms with Crippen molar-refractivity contribution in [1.82, 2.24) is 15.0 Å². The Hall–Kier alpha value is -1.64. The van der Waals surface area contributed by atoms with E-state index in [1.54, 1.807) is 18.1 Å². The second kappa shape index (κ2) is 7.89. The van der Waals surface area contributed by atoms with Crippen LogP contribution in [0, 0.1) is 5.92 Å². The van der Waals surface area contributed by atoms with Gasteiger partial charge < -0.3 is 5.32 Å². The van der Waals surface area contributed by atoms with Crippen LogP contribution in [-0.4, -0.2) is 31.4 Å². The Morgan fingerprint density at radius 2 is 2.14 bits per heavy atom. The van der Waals surface area contributed by atoms with Gasteiger partial charge >= 0.3 is 0 Å². The summed E-state index contributed by atoms with van der Waals surface area (Å²) in [5, 5.41) is 6.06. The third kappa shape index (κ3) is 3.78. The quantitative estimate of drug-likeness (QED) is 0.420. The minimum atomic E-state index is -0.257. The number of amides is 1. The minimum absolute atomic E-state index is 0.0408. The predicted molar refractivity (Wildman–Crippen MR) is 121 cm³/mol. The van der Waals surface area contributed by atoms with Crippen LogP contribution in [-0.2, 0) is 4.79 Å². The number of hydrogen-bond acceptors (Lipinski definition) is 7. The van der Waals surface area contributed by atoms with Crippen molar-refractivity contribution in [3.05, 3.63) is 36.2 Å². The van der Waals surface area contributed by atoms with Crippen LogP contribution in [0.3, 0.4) is 0 Å². The van der Waals surface area contributed by atoms with Crippen LogP contribution in [0.4, 0.5) is 5.13 Å². The van der Waals surface area contributed by atoms with Gasteiger partial charge in [0.25, 0.3) is 0 Å². The van der Waals surface area contributed by atoms with E-state index in [0.29, 0.717) is 16.3 Å². The van der Waals surface area contributed by atoms with E-state index in [9.17, 15) is 4.79 Å². The molecule has 0 saturated heterocycles. The monoisotopic (exact) mass is 442 g/mol. The zero-order chi connectivity index (χ0) is 20.0. The number of thioether (sulfide) groups is 2. The highest BCUT2D eigenvalue weighted by atomic mass is 32.2. The normalized spacial score (nSPS) is 24.1. The number of fused-ring (bicyclic) bond motifs is 4. The lowest BCUT2D eigenvalue weighted by Gasteiger charge is -2.29. The molecule has 4 atom stereocenters. The lowest BCUT2D eigenvalue weighted by molar-refractivity contribution is -0.115. The van der Waals surface area contributed by atoms with Gasteiger partial charge in [0.1, 0.15) is 16.4 Å². The number of carbonyl (C=O) groups excluding carboxylic acids is 1. The van der Waals surface area contributed by atoms with Crippen molar-refractivity contribution in [2.24, 2.45) is 5.92 Å². The molecule has 150 valence electrons. The maximum atomic E-state index is 12.8. The molecule has 1 aromatic carbocycles. The summed E-state index contributed by atoms with van der Waals surface area (Å²) in [6.07, 6.45) is 5.34. The first-order valence-corrected chi connectivity index (χ1v) is 12.5. The third-order valence-corrected chi connectivity index (χ3v) is 9.12. The maximum absolute atomic E-state index is 12.8. The first-order valence-electron chi connectivity index (χ1n) is 9.93. The van der Waals surface area contributed by atoms with Crippen LogP contribution in [0.1, 0.15) is 44.6 Å². The van der Waals surface area contributed by atoms with Crippen LogP contribution >= 0.6 is 34.9 Å². The molecule has 0 radical (unpaired) electrons. The predicted octanol–water partition coefficient (Wildman–Crippen LogP) is 5.58. The summed E-state index contributed by atoms with van der Waals surface area (Å²) in [5.41, 5.74) is 2.19. The molecule has 29 heavy (non-hydrogen) atoms. The molecular weight excluding hydrogens is 420 g/mol. The van der Waals surface area contributed by atoms with Crippen LogP contribution in [0.15, 0.2) is 40.6 Å². The first kappa shape index (κ1) is 19.3. The molecule has 4 unspecified atom stereocenters. The van der Waals surface area contributed by atoms with Crippen LogP contribution in [0.25, 0.3) is 10.2 Å². The van der Waals surface area contributed by atoms with Gasteiger partial charge in [-0.3, -0.25) is 4.79 Å². The van der Waals surface area contributed by atoms with Crippen molar-refractivity contribution in [3.8, 4) is 0 Å². The fourth-order valence-electron chi connectivity index (χ4n) is 4.16. The van der Waals surface area contributed by atoms with Gasteiger partial charge in [0.15, 0.2) is 5.13 Å². The van der Waals surface area contributed by atoms with Gasteiger partial charge in [-0.25, -0.2) is 15.0 Å². The van der Waals surface area contributed by atoms with Gasteiger partial charge in [0, 0.05) is 16.7 Å². The molecule has 1 amide bonds. The molecule has 5 rings (SSSR count). The zero-order valence-electron chi connectivity index (χ0n) is 16.3. The Balaban J connectivity index is 1.32. The molecule has 5 nitrogen and oxygen atoms in total. The number of hydrogen-bond donors (Lipinski definition) is 1. The van der Waals surface area contributed by atoms with E-state index in [2.05, 4.69) is 27.2 Å². The van der Waals surface area contributed by atoms with Crippen molar-refractivity contribution < 1.29 is 4.79 Å². The average Bonchev–Trinajstić information content (AvgIpc) is 3.28. The highest BCUT2D eigenvalue weighted by Gasteiger charge is 2.40. The maximum Gasteiger partial charge on any atom is 0.239 e. The average molecular weight is 443 g/mol. The Kier molecular flexibility index (Phi) is 5.26. The summed E-state index contributed by atoms with van der Waals surface area (Å²) in [6, 6.07) is 7.92. The standard InChI is InChI=1S/C21H22N4OS3/c1-11-7-8-13-16(9-11)28-20-17(13)19(22-10-23-20)27-12(2)18(26)25-21-24-14-5-3-4-6-15(14)29-21/h3-6,10-13,16H,7-9H2,1-2H3,(H,24,25,26). The SMILES string of the molecule is CC1CCC2c3c(SC(C)C(=O)Nc4nc5ccccc5s4)ncnc3SC2C1. The smallest absolute Gasteiger partial charge is 0.239 e. The number of para-hydroxylation sites is 1. The molecule has 2 aliphatic rings. The molecule has 3 aromatic rings. The summed E-state index contributed by atoms with van der Waals surface area (Å²) < 4.78 is 1.08. The number of nitrogens with zero attached hydrogens (tertiary/aromatic N) is 3. The molecule has 2 aromatic heterocycles. The zero-order valence-corrected chi connectivity index (χ0v) is 18.7. The van der Waals surface area contributed by atoms with E-state index in [4.69, 9.17) is 0 Å². The number of thiazole rings is 1. The Bertz CT molecular complexity index is 1040. The Morgan fingerprint density at radius 3 is 3.00 bits per heavy atom. The molecule has 0 spiro atoms. The van der Waals surface area contributed by atoms with E-state index in [-0.39, 0.29) is 11.2 Å². The molecular formula is C21H22N4OS3. The topological polar surface area (TPSA) is 67.8 Å². The van der Waals surface area contributed by atoms with E-state index in [1.807, 2.05) is 43.0 Å². The lowest BCUT2D eigenvalue weighted by atomic mass is 9.80. The number of rotatable bonds is 4. The summed E-state index contributed by atoms with van der Waals surface area (Å²) in [7, 11) is 0. The minimum Gasteiger partial charge on any atom is -0.301 e. The van der Waals surface area contributed by atoms with Crippen molar-refractivity contribution in [1.29, 1.82) is 0 Å². The van der Waals surface area contributed by atoms with Crippen molar-refractivity contribution in [3.63, 3.8) is 0 Å². The first-order chi connectivity index (χ1) is 14.1. The van der Waals surface area contributed by atoms with Crippen LogP contribution in [0.5, 0.6) is 0 Å². The van der Waals surface area contributed by atoms with Crippen molar-refractivity contribution >= 4 is 56.1 Å². The van der Waals surface area contributed by atoms with E-state index in [0.717, 1.165) is 26.2 Å². The molecule has 1 aliphatic heterocycles. The van der Waals surface area contributed by atoms with Gasteiger partial charge in [-0.05, 0) is 37.8 Å². The van der Waals surface area contributed by atoms with E-state index < -0.39 is 0 Å². The Morgan fingerprint density at radius 1 is 1.28 bits per heavy atom. The molecule has 1 N–H and O–H groups in total. The van der Waals surface area contributed by atoms with E-state index >= 15 is 0 Å². The molecule has 1 aliphatic carbocycles. The molecule has 1 saturated carbocycles. The second-order valence-corrected chi connectivity index (χ2v) is 11.4. The fourth-order valence-corrected chi connectivity index (χ4v) is 7.70.